The van der Waals surface area contributed by atoms with Crippen LogP contribution in [0, 0.1) is 6.92 Å². The Balaban J connectivity index is 1.47. The van der Waals surface area contributed by atoms with E-state index in [1.165, 1.54) is 4.52 Å². The maximum Gasteiger partial charge on any atom is 0.276 e. The van der Waals surface area contributed by atoms with Gasteiger partial charge in [-0.15, -0.1) is 0 Å². The molecule has 1 atom stereocenters. The normalized spacial score (nSPS) is 19.7. The van der Waals surface area contributed by atoms with Crippen LogP contribution in [0.5, 0.6) is 0 Å². The van der Waals surface area contributed by atoms with Crippen LogP contribution >= 0.6 is 0 Å². The van der Waals surface area contributed by atoms with Crippen molar-refractivity contribution in [2.75, 3.05) is 19.6 Å². The quantitative estimate of drug-likeness (QED) is 0.804. The van der Waals surface area contributed by atoms with E-state index in [1.807, 2.05) is 29.7 Å². The first-order valence-electron chi connectivity index (χ1n) is 10.7. The first-order valence-corrected chi connectivity index (χ1v) is 10.7. The molecule has 8 nitrogen and oxygen atoms in total. The number of aromatic amines is 1. The van der Waals surface area contributed by atoms with Gasteiger partial charge in [-0.05, 0) is 39.0 Å². The lowest BCUT2D eigenvalue weighted by atomic mass is 10.1. The molecule has 0 spiro atoms. The maximum atomic E-state index is 12.8. The average molecular weight is 399 g/mol. The number of likely N-dealkylation sites (tertiary alicyclic amines) is 2. The minimum atomic E-state index is -0.0626. The van der Waals surface area contributed by atoms with Crippen molar-refractivity contribution in [1.29, 1.82) is 0 Å². The molecule has 4 heterocycles. The molecule has 1 unspecified atom stereocenters. The van der Waals surface area contributed by atoms with Gasteiger partial charge in [-0.1, -0.05) is 6.92 Å². The van der Waals surface area contributed by atoms with Crippen molar-refractivity contribution >= 4 is 17.5 Å². The second-order valence-electron chi connectivity index (χ2n) is 8.07. The van der Waals surface area contributed by atoms with E-state index in [0.717, 1.165) is 43.7 Å². The number of hydrogen-bond donors (Lipinski definition) is 1. The van der Waals surface area contributed by atoms with E-state index < -0.39 is 0 Å². The Morgan fingerprint density at radius 1 is 1.28 bits per heavy atom. The highest BCUT2D eigenvalue weighted by atomic mass is 16.2. The fraction of sp³-hybridized carbons (Fsp3) is 0.619. The van der Waals surface area contributed by atoms with E-state index in [-0.39, 0.29) is 23.4 Å². The summed E-state index contributed by atoms with van der Waals surface area (Å²) < 4.78 is 1.50. The molecule has 0 bridgehead atoms. The van der Waals surface area contributed by atoms with Crippen LogP contribution in [0.4, 0.5) is 0 Å². The summed E-state index contributed by atoms with van der Waals surface area (Å²) in [5.74, 6) is 0.317. The van der Waals surface area contributed by atoms with E-state index in [4.69, 9.17) is 0 Å². The van der Waals surface area contributed by atoms with Gasteiger partial charge in [-0.2, -0.15) is 0 Å². The summed E-state index contributed by atoms with van der Waals surface area (Å²) in [5, 5.41) is 3.19. The molecule has 0 aromatic carbocycles. The van der Waals surface area contributed by atoms with Crippen LogP contribution in [-0.4, -0.2) is 55.8 Å². The number of nitrogens with one attached hydrogen (secondary N) is 1. The van der Waals surface area contributed by atoms with Crippen LogP contribution in [-0.2, 0) is 16.0 Å². The van der Waals surface area contributed by atoms with Gasteiger partial charge in [-0.25, -0.2) is 9.50 Å². The monoisotopic (exact) mass is 399 g/mol. The smallest absolute Gasteiger partial charge is 0.276 e. The third kappa shape index (κ3) is 3.68. The predicted octanol–water partition coefficient (Wildman–Crippen LogP) is 1.96. The summed E-state index contributed by atoms with van der Waals surface area (Å²) in [6.07, 6.45) is 5.15. The highest BCUT2D eigenvalue weighted by Crippen LogP contribution is 2.32. The lowest BCUT2D eigenvalue weighted by molar-refractivity contribution is -0.133. The van der Waals surface area contributed by atoms with Crippen LogP contribution in [0.2, 0.25) is 0 Å². The number of aryl methyl sites for hydroxylation is 1. The van der Waals surface area contributed by atoms with Crippen molar-refractivity contribution in [3.63, 3.8) is 0 Å². The van der Waals surface area contributed by atoms with Gasteiger partial charge in [0.05, 0.1) is 11.7 Å². The van der Waals surface area contributed by atoms with Gasteiger partial charge in [0.25, 0.3) is 5.56 Å². The van der Waals surface area contributed by atoms with Gasteiger partial charge in [0.1, 0.15) is 0 Å². The molecule has 2 aliphatic heterocycles. The molecule has 0 saturated carbocycles. The fourth-order valence-electron chi connectivity index (χ4n) is 4.66. The number of rotatable bonds is 6. The van der Waals surface area contributed by atoms with Crippen molar-refractivity contribution in [3.8, 4) is 0 Å². The number of carbonyl (C=O) groups is 2. The molecule has 0 aliphatic carbocycles. The number of hydrogen-bond acceptors (Lipinski definition) is 4. The lowest BCUT2D eigenvalue weighted by Crippen LogP contribution is -2.32. The first kappa shape index (κ1) is 19.7. The number of H-pyrrole nitrogens is 1. The second-order valence-corrected chi connectivity index (χ2v) is 8.07. The average Bonchev–Trinajstić information content (AvgIpc) is 3.41. The van der Waals surface area contributed by atoms with Gasteiger partial charge in [0.2, 0.25) is 11.8 Å². The van der Waals surface area contributed by atoms with Gasteiger partial charge in [-0.3, -0.25) is 19.5 Å². The largest absolute Gasteiger partial charge is 0.343 e. The molecule has 2 aromatic rings. The number of fused-ring (bicyclic) bond motifs is 1. The van der Waals surface area contributed by atoms with Crippen molar-refractivity contribution < 1.29 is 9.59 Å². The maximum absolute atomic E-state index is 12.8. The first-order chi connectivity index (χ1) is 14.0. The number of aromatic nitrogens is 3. The van der Waals surface area contributed by atoms with Crippen molar-refractivity contribution in [2.24, 2.45) is 0 Å². The van der Waals surface area contributed by atoms with Crippen LogP contribution in [0.3, 0.4) is 0 Å². The van der Waals surface area contributed by atoms with Gasteiger partial charge in [0, 0.05) is 49.8 Å². The van der Waals surface area contributed by atoms with E-state index >= 15 is 0 Å². The number of carbonyl (C=O) groups excluding carboxylic acids is 2. The Kier molecular flexibility index (Phi) is 5.43. The summed E-state index contributed by atoms with van der Waals surface area (Å²) in [5.41, 5.74) is 2.88. The summed E-state index contributed by atoms with van der Waals surface area (Å²) in [7, 11) is 0. The molecular weight excluding hydrogens is 370 g/mol. The van der Waals surface area contributed by atoms with Crippen molar-refractivity contribution in [1.82, 2.24) is 24.4 Å². The molecule has 1 N–H and O–H groups in total. The highest BCUT2D eigenvalue weighted by Gasteiger charge is 2.31. The summed E-state index contributed by atoms with van der Waals surface area (Å²) >= 11 is 0. The Hall–Kier alpha value is -2.64. The van der Waals surface area contributed by atoms with Crippen molar-refractivity contribution in [2.45, 2.75) is 64.8 Å². The molecule has 8 heteroatoms. The summed E-state index contributed by atoms with van der Waals surface area (Å²) in [6, 6.07) is 1.84. The minimum absolute atomic E-state index is 0.0533. The second kappa shape index (κ2) is 8.00. The predicted molar refractivity (Wildman–Crippen MR) is 109 cm³/mol. The zero-order chi connectivity index (χ0) is 20.5. The summed E-state index contributed by atoms with van der Waals surface area (Å²) in [6.45, 7) is 6.02. The third-order valence-corrected chi connectivity index (χ3v) is 6.21. The van der Waals surface area contributed by atoms with Gasteiger partial charge >= 0.3 is 0 Å². The molecular formula is C21H29N5O3. The standard InChI is InChI=1S/C21H29N5O3/c1-3-15-14(2)22-18-13-16(23-26(18)21(15)29)17-7-4-12-25(17)20(28)9-6-11-24-10-5-8-19(24)27/h13,17,23H,3-12H2,1-2H3. The zero-order valence-corrected chi connectivity index (χ0v) is 17.2. The Morgan fingerprint density at radius 2 is 2.10 bits per heavy atom. The molecule has 2 amide bonds. The Labute approximate surface area is 169 Å². The Bertz CT molecular complexity index is 992. The molecule has 29 heavy (non-hydrogen) atoms. The number of amides is 2. The lowest BCUT2D eigenvalue weighted by Gasteiger charge is -2.24. The fourth-order valence-corrected chi connectivity index (χ4v) is 4.66. The molecule has 2 fully saturated rings. The zero-order valence-electron chi connectivity index (χ0n) is 17.2. The molecule has 2 aromatic heterocycles. The Morgan fingerprint density at radius 3 is 2.83 bits per heavy atom. The third-order valence-electron chi connectivity index (χ3n) is 6.21. The molecule has 0 radical (unpaired) electrons. The number of nitrogens with zero attached hydrogens (tertiary/aromatic N) is 4. The molecule has 2 aliphatic rings. The van der Waals surface area contributed by atoms with Crippen LogP contribution in [0.15, 0.2) is 10.9 Å². The van der Waals surface area contributed by atoms with Gasteiger partial charge < -0.3 is 9.80 Å². The topological polar surface area (TPSA) is 90.8 Å². The van der Waals surface area contributed by atoms with Crippen molar-refractivity contribution in [3.05, 3.63) is 33.4 Å². The van der Waals surface area contributed by atoms with Crippen LogP contribution in [0.1, 0.15) is 68.4 Å². The van der Waals surface area contributed by atoms with E-state index in [9.17, 15) is 14.4 Å². The van der Waals surface area contributed by atoms with Crippen LogP contribution < -0.4 is 5.56 Å². The molecule has 2 saturated heterocycles. The minimum Gasteiger partial charge on any atom is -0.343 e. The van der Waals surface area contributed by atoms with Gasteiger partial charge in [0.15, 0.2) is 5.65 Å². The molecule has 4 rings (SSSR count). The van der Waals surface area contributed by atoms with E-state index in [0.29, 0.717) is 43.4 Å². The molecule has 156 valence electrons. The van der Waals surface area contributed by atoms with Crippen LogP contribution in [0.25, 0.3) is 5.65 Å². The van der Waals surface area contributed by atoms with E-state index in [2.05, 4.69) is 10.1 Å². The summed E-state index contributed by atoms with van der Waals surface area (Å²) in [4.78, 5) is 45.6. The highest BCUT2D eigenvalue weighted by molar-refractivity contribution is 5.79. The van der Waals surface area contributed by atoms with E-state index in [1.54, 1.807) is 0 Å². The SMILES string of the molecule is CCc1c(C)nc2cc(C3CCCN3C(=O)CCCN3CCCC3=O)[nH]n2c1=O.